The van der Waals surface area contributed by atoms with Crippen molar-refractivity contribution in [3.05, 3.63) is 0 Å². The lowest BCUT2D eigenvalue weighted by atomic mass is 9.82. The molecule has 0 amide bonds. The third-order valence-electron chi connectivity index (χ3n) is 4.38. The number of piperidine rings is 2. The van der Waals surface area contributed by atoms with Crippen LogP contribution >= 0.6 is 0 Å². The summed E-state index contributed by atoms with van der Waals surface area (Å²) in [6.07, 6.45) is 2.81. The Labute approximate surface area is 94.6 Å². The van der Waals surface area contributed by atoms with E-state index in [-0.39, 0.29) is 0 Å². The molecule has 3 aliphatic heterocycles. The average molecular weight is 210 g/mol. The maximum Gasteiger partial charge on any atom is 0.0255 e. The molecule has 3 saturated heterocycles. The van der Waals surface area contributed by atoms with Gasteiger partial charge in [-0.05, 0) is 47.1 Å². The lowest BCUT2D eigenvalue weighted by Crippen LogP contribution is -2.70. The molecule has 3 unspecified atom stereocenters. The molecule has 88 valence electrons. The van der Waals surface area contributed by atoms with Crippen LogP contribution in [0.4, 0.5) is 0 Å². The van der Waals surface area contributed by atoms with Gasteiger partial charge in [-0.25, -0.2) is 0 Å². The topological polar surface area (TPSA) is 6.48 Å². The quantitative estimate of drug-likeness (QED) is 0.655. The maximum absolute atomic E-state index is 2.73. The maximum atomic E-state index is 2.73. The van der Waals surface area contributed by atoms with Gasteiger partial charge in [0.1, 0.15) is 0 Å². The zero-order chi connectivity index (χ0) is 11.2. The number of hydrogen-bond donors (Lipinski definition) is 0. The molecule has 3 rings (SSSR count). The molecular weight excluding hydrogens is 184 g/mol. The van der Waals surface area contributed by atoms with Crippen LogP contribution in [0.25, 0.3) is 0 Å². The Bertz CT molecular complexity index is 229. The minimum atomic E-state index is 0.345. The summed E-state index contributed by atoms with van der Waals surface area (Å²) in [4.78, 5) is 5.44. The smallest absolute Gasteiger partial charge is 0.0255 e. The third-order valence-corrected chi connectivity index (χ3v) is 4.38. The molecule has 0 N–H and O–H groups in total. The molecule has 2 bridgehead atoms. The highest BCUT2D eigenvalue weighted by Gasteiger charge is 2.46. The van der Waals surface area contributed by atoms with Gasteiger partial charge < -0.3 is 0 Å². The zero-order valence-corrected chi connectivity index (χ0v) is 11.0. The van der Waals surface area contributed by atoms with Gasteiger partial charge in [-0.1, -0.05) is 6.92 Å². The summed E-state index contributed by atoms with van der Waals surface area (Å²) < 4.78 is 0. The monoisotopic (exact) mass is 210 g/mol. The van der Waals surface area contributed by atoms with Crippen molar-refractivity contribution in [2.75, 3.05) is 13.1 Å². The second kappa shape index (κ2) is 3.74. The van der Waals surface area contributed by atoms with Crippen molar-refractivity contribution in [1.29, 1.82) is 0 Å². The van der Waals surface area contributed by atoms with Crippen molar-refractivity contribution >= 4 is 0 Å². The number of nitrogens with zero attached hydrogens (tertiary/aromatic N) is 2. The fraction of sp³-hybridized carbons (Fsp3) is 1.00. The summed E-state index contributed by atoms with van der Waals surface area (Å²) in [6.45, 7) is 14.3. The number of hydrogen-bond acceptors (Lipinski definition) is 2. The van der Waals surface area contributed by atoms with Crippen LogP contribution in [-0.4, -0.2) is 46.6 Å². The van der Waals surface area contributed by atoms with Gasteiger partial charge in [-0.3, -0.25) is 9.80 Å². The molecule has 3 atom stereocenters. The first-order valence-corrected chi connectivity index (χ1v) is 6.47. The molecule has 2 heteroatoms. The number of likely N-dealkylation sites (N-methyl/N-ethyl adjacent to an activating group) is 1. The molecule has 0 aromatic heterocycles. The molecule has 3 heterocycles. The van der Waals surface area contributed by atoms with Crippen molar-refractivity contribution in [2.24, 2.45) is 0 Å². The van der Waals surface area contributed by atoms with E-state index in [9.17, 15) is 0 Å². The van der Waals surface area contributed by atoms with Gasteiger partial charge >= 0.3 is 0 Å². The number of piperazine rings is 1. The van der Waals surface area contributed by atoms with Gasteiger partial charge in [0.2, 0.25) is 0 Å². The van der Waals surface area contributed by atoms with E-state index in [2.05, 4.69) is 44.4 Å². The van der Waals surface area contributed by atoms with E-state index in [0.29, 0.717) is 5.54 Å². The van der Waals surface area contributed by atoms with Gasteiger partial charge in [0.15, 0.2) is 0 Å². The molecule has 3 aliphatic rings. The van der Waals surface area contributed by atoms with Gasteiger partial charge in [-0.15, -0.1) is 0 Å². The minimum Gasteiger partial charge on any atom is -0.295 e. The van der Waals surface area contributed by atoms with E-state index >= 15 is 0 Å². The first-order valence-electron chi connectivity index (χ1n) is 6.47. The molecule has 15 heavy (non-hydrogen) atoms. The fourth-order valence-electron chi connectivity index (χ4n) is 3.62. The molecule has 0 radical (unpaired) electrons. The van der Waals surface area contributed by atoms with E-state index in [1.54, 1.807) is 0 Å². The van der Waals surface area contributed by atoms with Crippen molar-refractivity contribution in [1.82, 2.24) is 9.80 Å². The Balaban J connectivity index is 2.17. The Morgan fingerprint density at radius 2 is 1.87 bits per heavy atom. The van der Waals surface area contributed by atoms with E-state index in [0.717, 1.165) is 18.1 Å². The second-order valence-electron chi connectivity index (χ2n) is 6.19. The Kier molecular flexibility index (Phi) is 2.85. The minimum absolute atomic E-state index is 0.345. The third kappa shape index (κ3) is 1.83. The van der Waals surface area contributed by atoms with E-state index in [1.165, 1.54) is 25.9 Å². The van der Waals surface area contributed by atoms with Crippen LogP contribution in [0.15, 0.2) is 0 Å². The summed E-state index contributed by atoms with van der Waals surface area (Å²) in [5.74, 6) is 0. The Hall–Kier alpha value is -0.0800. The molecule has 3 fully saturated rings. The van der Waals surface area contributed by atoms with Crippen LogP contribution in [0.3, 0.4) is 0 Å². The summed E-state index contributed by atoms with van der Waals surface area (Å²) in [6, 6.07) is 2.35. The van der Waals surface area contributed by atoms with Crippen LogP contribution < -0.4 is 0 Å². The van der Waals surface area contributed by atoms with Crippen LogP contribution in [0.1, 0.15) is 47.5 Å². The molecule has 0 spiro atoms. The van der Waals surface area contributed by atoms with Gasteiger partial charge in [0.05, 0.1) is 0 Å². The van der Waals surface area contributed by atoms with Crippen LogP contribution in [0.2, 0.25) is 0 Å². The van der Waals surface area contributed by atoms with Gasteiger partial charge in [-0.2, -0.15) is 0 Å². The van der Waals surface area contributed by atoms with Crippen molar-refractivity contribution in [3.8, 4) is 0 Å². The van der Waals surface area contributed by atoms with Crippen LogP contribution in [-0.2, 0) is 0 Å². The average Bonchev–Trinajstić information content (AvgIpc) is 2.17. The van der Waals surface area contributed by atoms with Gasteiger partial charge in [0, 0.05) is 30.2 Å². The standard InChI is InChI=1S/C13H26N2/c1-6-14-10(2)12-8-7-11(14)9-15(12)13(3,4)5/h10-12H,6-9H2,1-5H3. The Morgan fingerprint density at radius 3 is 2.33 bits per heavy atom. The van der Waals surface area contributed by atoms with Crippen molar-refractivity contribution < 1.29 is 0 Å². The first-order chi connectivity index (χ1) is 6.95. The van der Waals surface area contributed by atoms with Crippen molar-refractivity contribution in [2.45, 2.75) is 71.1 Å². The van der Waals surface area contributed by atoms with Crippen LogP contribution in [0.5, 0.6) is 0 Å². The molecule has 2 nitrogen and oxygen atoms in total. The van der Waals surface area contributed by atoms with E-state index in [4.69, 9.17) is 0 Å². The molecule has 0 aliphatic carbocycles. The number of fused-ring (bicyclic) bond motifs is 3. The largest absolute Gasteiger partial charge is 0.295 e. The predicted molar refractivity (Wildman–Crippen MR) is 65.1 cm³/mol. The fourth-order valence-corrected chi connectivity index (χ4v) is 3.62. The van der Waals surface area contributed by atoms with Crippen LogP contribution in [0, 0.1) is 0 Å². The SMILES string of the molecule is CCN1C2CCC(C1C)N(C(C)(C)C)C2. The second-order valence-corrected chi connectivity index (χ2v) is 6.19. The highest BCUT2D eigenvalue weighted by Crippen LogP contribution is 2.36. The Morgan fingerprint density at radius 1 is 1.20 bits per heavy atom. The zero-order valence-electron chi connectivity index (χ0n) is 11.0. The summed E-state index contributed by atoms with van der Waals surface area (Å²) >= 11 is 0. The number of rotatable bonds is 1. The van der Waals surface area contributed by atoms with E-state index < -0.39 is 0 Å². The highest BCUT2D eigenvalue weighted by atomic mass is 15.4. The molecule has 0 aromatic rings. The van der Waals surface area contributed by atoms with Crippen molar-refractivity contribution in [3.63, 3.8) is 0 Å². The summed E-state index contributed by atoms with van der Waals surface area (Å²) in [7, 11) is 0. The lowest BCUT2D eigenvalue weighted by molar-refractivity contribution is -0.0939. The summed E-state index contributed by atoms with van der Waals surface area (Å²) in [5.41, 5.74) is 0.345. The first kappa shape index (κ1) is 11.4. The molecule has 0 saturated carbocycles. The normalized spacial score (nSPS) is 38.6. The van der Waals surface area contributed by atoms with E-state index in [1.807, 2.05) is 0 Å². The summed E-state index contributed by atoms with van der Waals surface area (Å²) in [5, 5.41) is 0. The lowest BCUT2D eigenvalue weighted by Gasteiger charge is -2.59. The highest BCUT2D eigenvalue weighted by molar-refractivity contribution is 5.02. The molecule has 0 aromatic carbocycles. The predicted octanol–water partition coefficient (Wildman–Crippen LogP) is 2.34. The molecular formula is C13H26N2. The van der Waals surface area contributed by atoms with Gasteiger partial charge in [0.25, 0.3) is 0 Å².